The summed E-state index contributed by atoms with van der Waals surface area (Å²) >= 11 is 0. The van der Waals surface area contributed by atoms with Gasteiger partial charge in [-0.3, -0.25) is 14.9 Å². The van der Waals surface area contributed by atoms with Crippen LogP contribution in [0, 0.1) is 20.8 Å². The molecule has 0 bridgehead atoms. The van der Waals surface area contributed by atoms with Gasteiger partial charge >= 0.3 is 0 Å². The molecule has 0 radical (unpaired) electrons. The van der Waals surface area contributed by atoms with E-state index in [1.807, 2.05) is 64.2 Å². The number of hydrogen-bond acceptors (Lipinski definition) is 3. The zero-order chi connectivity index (χ0) is 18.0. The Balaban J connectivity index is 1.85. The average molecular weight is 334 g/mol. The Hall–Kier alpha value is -2.95. The monoisotopic (exact) mass is 334 g/mol. The Kier molecular flexibility index (Phi) is 4.65. The Labute approximate surface area is 147 Å². The fraction of sp³-hybridized carbons (Fsp3) is 0.250. The second-order valence-corrected chi connectivity index (χ2v) is 6.40. The van der Waals surface area contributed by atoms with E-state index in [0.29, 0.717) is 12.1 Å². The maximum Gasteiger partial charge on any atom is 0.253 e. The lowest BCUT2D eigenvalue weighted by Crippen LogP contribution is -2.26. The second-order valence-electron chi connectivity index (χ2n) is 6.40. The summed E-state index contributed by atoms with van der Waals surface area (Å²) in [5.41, 5.74) is 6.72. The first kappa shape index (κ1) is 16.9. The maximum atomic E-state index is 12.8. The van der Waals surface area contributed by atoms with Crippen LogP contribution in [0.1, 0.15) is 33.0 Å². The van der Waals surface area contributed by atoms with E-state index in [0.717, 1.165) is 33.8 Å². The first-order valence-corrected chi connectivity index (χ1v) is 8.24. The van der Waals surface area contributed by atoms with Crippen molar-refractivity contribution in [2.45, 2.75) is 27.3 Å². The molecule has 128 valence electrons. The van der Waals surface area contributed by atoms with E-state index >= 15 is 0 Å². The second kappa shape index (κ2) is 6.89. The van der Waals surface area contributed by atoms with Gasteiger partial charge in [-0.2, -0.15) is 5.10 Å². The fourth-order valence-electron chi connectivity index (χ4n) is 2.92. The molecule has 1 aromatic carbocycles. The minimum absolute atomic E-state index is 0.00931. The lowest BCUT2D eigenvalue weighted by molar-refractivity contribution is 0.0785. The van der Waals surface area contributed by atoms with Gasteiger partial charge in [-0.05, 0) is 56.2 Å². The van der Waals surface area contributed by atoms with Gasteiger partial charge in [0.05, 0.1) is 6.20 Å². The van der Waals surface area contributed by atoms with Crippen LogP contribution in [0.3, 0.4) is 0 Å². The van der Waals surface area contributed by atoms with E-state index in [1.54, 1.807) is 11.1 Å². The van der Waals surface area contributed by atoms with E-state index in [2.05, 4.69) is 15.2 Å². The number of benzene rings is 1. The zero-order valence-corrected chi connectivity index (χ0v) is 15.0. The number of carbonyl (C=O) groups is 1. The van der Waals surface area contributed by atoms with Gasteiger partial charge in [0.25, 0.3) is 5.91 Å². The molecule has 0 fully saturated rings. The highest BCUT2D eigenvalue weighted by Crippen LogP contribution is 2.22. The minimum atomic E-state index is -0.00931. The molecule has 0 aliphatic heterocycles. The standard InChI is InChI=1S/C20H22N4O/c1-13-8-18(9-14(2)22-13)16-6-5-7-17(10-16)20(25)24(4)12-19-11-21-23-15(19)3/h5-11H,12H2,1-4H3,(H,21,23). The molecule has 1 amide bonds. The number of nitrogens with zero attached hydrogens (tertiary/aromatic N) is 3. The predicted octanol–water partition coefficient (Wildman–Crippen LogP) is 3.67. The molecule has 0 aliphatic rings. The number of carbonyl (C=O) groups excluding carboxylic acids is 1. The van der Waals surface area contributed by atoms with Gasteiger partial charge in [0, 0.05) is 41.8 Å². The maximum absolute atomic E-state index is 12.8. The SMILES string of the molecule is Cc1cc(-c2cccc(C(=O)N(C)Cc3cn[nH]c3C)c2)cc(C)n1. The molecular weight excluding hydrogens is 312 g/mol. The molecule has 1 N–H and O–H groups in total. The summed E-state index contributed by atoms with van der Waals surface area (Å²) in [6, 6.07) is 11.8. The van der Waals surface area contributed by atoms with E-state index < -0.39 is 0 Å². The number of rotatable bonds is 4. The van der Waals surface area contributed by atoms with Crippen LogP contribution in [0.2, 0.25) is 0 Å². The van der Waals surface area contributed by atoms with Crippen LogP contribution in [-0.4, -0.2) is 33.0 Å². The molecule has 0 spiro atoms. The number of aromatic nitrogens is 3. The number of hydrogen-bond donors (Lipinski definition) is 1. The van der Waals surface area contributed by atoms with E-state index in [9.17, 15) is 4.79 Å². The molecule has 0 saturated heterocycles. The van der Waals surface area contributed by atoms with Gasteiger partial charge in [-0.25, -0.2) is 0 Å². The number of aryl methyl sites for hydroxylation is 3. The smallest absolute Gasteiger partial charge is 0.253 e. The van der Waals surface area contributed by atoms with Gasteiger partial charge in [-0.1, -0.05) is 12.1 Å². The van der Waals surface area contributed by atoms with E-state index in [4.69, 9.17) is 0 Å². The van der Waals surface area contributed by atoms with Crippen molar-refractivity contribution in [2.24, 2.45) is 0 Å². The summed E-state index contributed by atoms with van der Waals surface area (Å²) in [6.07, 6.45) is 1.76. The molecule has 0 unspecified atom stereocenters. The van der Waals surface area contributed by atoms with Crippen LogP contribution in [0.5, 0.6) is 0 Å². The molecule has 25 heavy (non-hydrogen) atoms. The normalized spacial score (nSPS) is 10.7. The third kappa shape index (κ3) is 3.76. The Morgan fingerprint density at radius 2 is 1.80 bits per heavy atom. The van der Waals surface area contributed by atoms with Crippen LogP contribution in [0.15, 0.2) is 42.6 Å². The van der Waals surface area contributed by atoms with Gasteiger partial charge in [0.1, 0.15) is 0 Å². The lowest BCUT2D eigenvalue weighted by Gasteiger charge is -2.17. The quantitative estimate of drug-likeness (QED) is 0.792. The van der Waals surface area contributed by atoms with Crippen molar-refractivity contribution in [3.05, 3.63) is 70.8 Å². The molecule has 5 nitrogen and oxygen atoms in total. The topological polar surface area (TPSA) is 61.9 Å². The molecular formula is C20H22N4O. The Morgan fingerprint density at radius 3 is 2.44 bits per heavy atom. The minimum Gasteiger partial charge on any atom is -0.337 e. The molecule has 3 aromatic rings. The van der Waals surface area contributed by atoms with Gasteiger partial charge in [0.15, 0.2) is 0 Å². The molecule has 0 saturated carbocycles. The van der Waals surface area contributed by atoms with E-state index in [-0.39, 0.29) is 5.91 Å². The predicted molar refractivity (Wildman–Crippen MR) is 98.3 cm³/mol. The van der Waals surface area contributed by atoms with Gasteiger partial charge in [0.2, 0.25) is 0 Å². The summed E-state index contributed by atoms with van der Waals surface area (Å²) in [6.45, 7) is 6.44. The molecule has 5 heteroatoms. The number of amides is 1. The molecule has 0 aliphatic carbocycles. The summed E-state index contributed by atoms with van der Waals surface area (Å²) in [4.78, 5) is 18.9. The van der Waals surface area contributed by atoms with Crippen molar-refractivity contribution in [3.63, 3.8) is 0 Å². The van der Waals surface area contributed by atoms with Crippen LogP contribution in [0.4, 0.5) is 0 Å². The van der Waals surface area contributed by atoms with Crippen LogP contribution < -0.4 is 0 Å². The average Bonchev–Trinajstić information content (AvgIpc) is 2.98. The Morgan fingerprint density at radius 1 is 1.08 bits per heavy atom. The summed E-state index contributed by atoms with van der Waals surface area (Å²) < 4.78 is 0. The van der Waals surface area contributed by atoms with Crippen LogP contribution in [0.25, 0.3) is 11.1 Å². The zero-order valence-electron chi connectivity index (χ0n) is 15.0. The molecule has 3 rings (SSSR count). The first-order valence-electron chi connectivity index (χ1n) is 8.24. The fourth-order valence-corrected chi connectivity index (χ4v) is 2.92. The molecule has 2 aromatic heterocycles. The summed E-state index contributed by atoms with van der Waals surface area (Å²) in [7, 11) is 1.81. The highest BCUT2D eigenvalue weighted by Gasteiger charge is 2.14. The first-order chi connectivity index (χ1) is 11.9. The molecule has 2 heterocycles. The van der Waals surface area contributed by atoms with Crippen molar-refractivity contribution in [1.29, 1.82) is 0 Å². The van der Waals surface area contributed by atoms with Gasteiger partial charge < -0.3 is 4.90 Å². The molecule has 0 atom stereocenters. The van der Waals surface area contributed by atoms with Gasteiger partial charge in [-0.15, -0.1) is 0 Å². The van der Waals surface area contributed by atoms with Crippen molar-refractivity contribution in [2.75, 3.05) is 7.05 Å². The number of aromatic amines is 1. The third-order valence-corrected chi connectivity index (χ3v) is 4.21. The third-order valence-electron chi connectivity index (χ3n) is 4.21. The van der Waals surface area contributed by atoms with Crippen molar-refractivity contribution >= 4 is 5.91 Å². The number of H-pyrrole nitrogens is 1. The number of pyridine rings is 1. The van der Waals surface area contributed by atoms with Crippen molar-refractivity contribution < 1.29 is 4.79 Å². The lowest BCUT2D eigenvalue weighted by atomic mass is 10.0. The van der Waals surface area contributed by atoms with Crippen molar-refractivity contribution in [1.82, 2.24) is 20.1 Å². The van der Waals surface area contributed by atoms with Crippen LogP contribution >= 0.6 is 0 Å². The number of nitrogens with one attached hydrogen (secondary N) is 1. The van der Waals surface area contributed by atoms with Crippen LogP contribution in [-0.2, 0) is 6.54 Å². The summed E-state index contributed by atoms with van der Waals surface area (Å²) in [5.74, 6) is -0.00931. The highest BCUT2D eigenvalue weighted by atomic mass is 16.2. The highest BCUT2D eigenvalue weighted by molar-refractivity contribution is 5.95. The summed E-state index contributed by atoms with van der Waals surface area (Å²) in [5, 5.41) is 6.91. The Bertz CT molecular complexity index is 893. The van der Waals surface area contributed by atoms with E-state index in [1.165, 1.54) is 0 Å². The largest absolute Gasteiger partial charge is 0.337 e. The van der Waals surface area contributed by atoms with Crippen molar-refractivity contribution in [3.8, 4) is 11.1 Å².